The summed E-state index contributed by atoms with van der Waals surface area (Å²) in [5.74, 6) is 0. The van der Waals surface area contributed by atoms with Gasteiger partial charge in [-0.1, -0.05) is 19.4 Å². The molecule has 0 radical (unpaired) electrons. The van der Waals surface area contributed by atoms with Crippen molar-refractivity contribution in [1.82, 2.24) is 15.2 Å². The van der Waals surface area contributed by atoms with Gasteiger partial charge in [-0.15, -0.1) is 0 Å². The Morgan fingerprint density at radius 1 is 1.38 bits per heavy atom. The van der Waals surface area contributed by atoms with Crippen LogP contribution in [0.5, 0.6) is 0 Å². The third kappa shape index (κ3) is 2.80. The topological polar surface area (TPSA) is 28.2 Å². The maximum atomic E-state index is 4.51. The van der Waals surface area contributed by atoms with E-state index in [0.29, 0.717) is 6.04 Å². The van der Waals surface area contributed by atoms with E-state index in [1.807, 2.05) is 12.3 Å². The van der Waals surface area contributed by atoms with Gasteiger partial charge in [-0.2, -0.15) is 0 Å². The molecule has 1 aromatic rings. The monoisotopic (exact) mass is 219 g/mol. The van der Waals surface area contributed by atoms with Crippen LogP contribution in [0.25, 0.3) is 0 Å². The Morgan fingerprint density at radius 3 is 2.81 bits per heavy atom. The second-order valence-corrected chi connectivity index (χ2v) is 4.35. The van der Waals surface area contributed by atoms with E-state index in [1.54, 1.807) is 0 Å². The van der Waals surface area contributed by atoms with E-state index in [4.69, 9.17) is 0 Å². The number of aromatic nitrogens is 1. The predicted octanol–water partition coefficient (Wildman–Crippen LogP) is 1.83. The molecule has 1 aliphatic rings. The molecule has 0 spiro atoms. The summed E-state index contributed by atoms with van der Waals surface area (Å²) < 4.78 is 0. The minimum Gasteiger partial charge on any atom is -0.314 e. The van der Waals surface area contributed by atoms with Crippen LogP contribution in [-0.4, -0.2) is 36.1 Å². The van der Waals surface area contributed by atoms with Crippen LogP contribution in [0.15, 0.2) is 24.4 Å². The van der Waals surface area contributed by atoms with Crippen LogP contribution < -0.4 is 5.32 Å². The third-order valence-corrected chi connectivity index (χ3v) is 3.18. The molecular weight excluding hydrogens is 198 g/mol. The van der Waals surface area contributed by atoms with E-state index in [-0.39, 0.29) is 0 Å². The summed E-state index contributed by atoms with van der Waals surface area (Å²) in [5.41, 5.74) is 1.23. The molecule has 2 rings (SSSR count). The smallest absolute Gasteiger partial charge is 0.0575 e. The summed E-state index contributed by atoms with van der Waals surface area (Å²) in [4.78, 5) is 7.07. The second kappa shape index (κ2) is 5.97. The Labute approximate surface area is 97.9 Å². The van der Waals surface area contributed by atoms with E-state index < -0.39 is 0 Å². The van der Waals surface area contributed by atoms with Gasteiger partial charge in [0.15, 0.2) is 0 Å². The van der Waals surface area contributed by atoms with E-state index >= 15 is 0 Å². The average Bonchev–Trinajstić information content (AvgIpc) is 2.38. The zero-order valence-electron chi connectivity index (χ0n) is 10.0. The molecular formula is C13H21N3. The van der Waals surface area contributed by atoms with Crippen molar-refractivity contribution in [3.8, 4) is 0 Å². The lowest BCUT2D eigenvalue weighted by Gasteiger charge is -2.34. The fraction of sp³-hybridized carbons (Fsp3) is 0.615. The molecule has 0 unspecified atom stereocenters. The molecule has 3 nitrogen and oxygen atoms in total. The number of nitrogens with zero attached hydrogens (tertiary/aromatic N) is 2. The van der Waals surface area contributed by atoms with Crippen LogP contribution in [0.3, 0.4) is 0 Å². The van der Waals surface area contributed by atoms with E-state index in [9.17, 15) is 0 Å². The molecule has 2 heterocycles. The molecule has 16 heavy (non-hydrogen) atoms. The summed E-state index contributed by atoms with van der Waals surface area (Å²) in [6, 6.07) is 6.74. The first kappa shape index (κ1) is 11.6. The molecule has 1 aromatic heterocycles. The molecule has 3 heteroatoms. The van der Waals surface area contributed by atoms with Crippen LogP contribution in [0.4, 0.5) is 0 Å². The highest BCUT2D eigenvalue weighted by molar-refractivity contribution is 5.09. The van der Waals surface area contributed by atoms with Gasteiger partial charge in [-0.3, -0.25) is 9.88 Å². The SMILES string of the molecule is CCC[C@@H](c1ccccn1)N1CCNCC1. The molecule has 1 aliphatic heterocycles. The van der Waals surface area contributed by atoms with Gasteiger partial charge >= 0.3 is 0 Å². The normalized spacial score (nSPS) is 19.6. The van der Waals surface area contributed by atoms with Crippen molar-refractivity contribution in [2.75, 3.05) is 26.2 Å². The largest absolute Gasteiger partial charge is 0.314 e. The zero-order chi connectivity index (χ0) is 11.2. The average molecular weight is 219 g/mol. The van der Waals surface area contributed by atoms with Crippen molar-refractivity contribution < 1.29 is 0 Å². The Morgan fingerprint density at radius 2 is 2.19 bits per heavy atom. The van der Waals surface area contributed by atoms with E-state index in [1.165, 1.54) is 18.5 Å². The summed E-state index contributed by atoms with van der Waals surface area (Å²) >= 11 is 0. The minimum absolute atomic E-state index is 0.508. The summed E-state index contributed by atoms with van der Waals surface area (Å²) in [7, 11) is 0. The van der Waals surface area contributed by atoms with E-state index in [2.05, 4.69) is 34.3 Å². The van der Waals surface area contributed by atoms with Gasteiger partial charge in [0, 0.05) is 32.4 Å². The second-order valence-electron chi connectivity index (χ2n) is 4.35. The van der Waals surface area contributed by atoms with Crippen molar-refractivity contribution >= 4 is 0 Å². The lowest BCUT2D eigenvalue weighted by molar-refractivity contribution is 0.161. The number of rotatable bonds is 4. The standard InChI is InChI=1S/C13H21N3/c1-2-5-13(12-6-3-4-7-15-12)16-10-8-14-9-11-16/h3-4,6-7,13-14H,2,5,8-11H2,1H3/t13-/m0/s1. The van der Waals surface area contributed by atoms with Gasteiger partial charge in [0.25, 0.3) is 0 Å². The van der Waals surface area contributed by atoms with Crippen molar-refractivity contribution in [2.24, 2.45) is 0 Å². The lowest BCUT2D eigenvalue weighted by Crippen LogP contribution is -2.45. The van der Waals surface area contributed by atoms with Gasteiger partial charge in [-0.25, -0.2) is 0 Å². The highest BCUT2D eigenvalue weighted by Crippen LogP contribution is 2.23. The molecule has 0 aliphatic carbocycles. The fourth-order valence-corrected chi connectivity index (χ4v) is 2.36. The number of hydrogen-bond donors (Lipinski definition) is 1. The van der Waals surface area contributed by atoms with E-state index in [0.717, 1.165) is 26.2 Å². The van der Waals surface area contributed by atoms with Crippen LogP contribution in [0.2, 0.25) is 0 Å². The lowest BCUT2D eigenvalue weighted by atomic mass is 10.0. The van der Waals surface area contributed by atoms with Crippen LogP contribution >= 0.6 is 0 Å². The Balaban J connectivity index is 2.09. The molecule has 0 aromatic carbocycles. The van der Waals surface area contributed by atoms with Gasteiger partial charge < -0.3 is 5.32 Å². The van der Waals surface area contributed by atoms with Crippen molar-refractivity contribution in [2.45, 2.75) is 25.8 Å². The van der Waals surface area contributed by atoms with Crippen molar-refractivity contribution in [3.63, 3.8) is 0 Å². The predicted molar refractivity (Wildman–Crippen MR) is 66.3 cm³/mol. The first-order valence-corrected chi connectivity index (χ1v) is 6.27. The molecule has 1 fully saturated rings. The first-order chi connectivity index (χ1) is 7.92. The highest BCUT2D eigenvalue weighted by atomic mass is 15.2. The van der Waals surface area contributed by atoms with Crippen molar-refractivity contribution in [1.29, 1.82) is 0 Å². The summed E-state index contributed by atoms with van der Waals surface area (Å²) in [5, 5.41) is 3.40. The number of piperazine rings is 1. The Kier molecular flexibility index (Phi) is 4.31. The van der Waals surface area contributed by atoms with Crippen molar-refractivity contribution in [3.05, 3.63) is 30.1 Å². The fourth-order valence-electron chi connectivity index (χ4n) is 2.36. The zero-order valence-corrected chi connectivity index (χ0v) is 10.0. The first-order valence-electron chi connectivity index (χ1n) is 6.27. The number of hydrogen-bond acceptors (Lipinski definition) is 3. The van der Waals surface area contributed by atoms with Gasteiger partial charge in [0.1, 0.15) is 0 Å². The molecule has 1 atom stereocenters. The molecule has 0 amide bonds. The molecule has 1 saturated heterocycles. The Hall–Kier alpha value is -0.930. The highest BCUT2D eigenvalue weighted by Gasteiger charge is 2.21. The molecule has 1 N–H and O–H groups in total. The van der Waals surface area contributed by atoms with Crippen LogP contribution in [-0.2, 0) is 0 Å². The molecule has 0 bridgehead atoms. The van der Waals surface area contributed by atoms with Gasteiger partial charge in [0.05, 0.1) is 11.7 Å². The summed E-state index contributed by atoms with van der Waals surface area (Å²) in [6.07, 6.45) is 4.32. The summed E-state index contributed by atoms with van der Waals surface area (Å²) in [6.45, 7) is 6.74. The van der Waals surface area contributed by atoms with Gasteiger partial charge in [0.2, 0.25) is 0 Å². The van der Waals surface area contributed by atoms with Gasteiger partial charge in [-0.05, 0) is 18.6 Å². The maximum Gasteiger partial charge on any atom is 0.0575 e. The molecule has 0 saturated carbocycles. The molecule has 88 valence electrons. The number of pyridine rings is 1. The maximum absolute atomic E-state index is 4.51. The minimum atomic E-state index is 0.508. The number of nitrogens with one attached hydrogen (secondary N) is 1. The Bertz CT molecular complexity index is 293. The quantitative estimate of drug-likeness (QED) is 0.837. The third-order valence-electron chi connectivity index (χ3n) is 3.18. The van der Waals surface area contributed by atoms with Crippen LogP contribution in [0.1, 0.15) is 31.5 Å². The van der Waals surface area contributed by atoms with Crippen LogP contribution in [0, 0.1) is 0 Å².